The maximum atomic E-state index is 13.2. The summed E-state index contributed by atoms with van der Waals surface area (Å²) in [6, 6.07) is 2.82. The van der Waals surface area contributed by atoms with E-state index < -0.39 is 35.6 Å². The van der Waals surface area contributed by atoms with E-state index in [0.717, 1.165) is 12.8 Å². The van der Waals surface area contributed by atoms with Crippen LogP contribution in [-0.4, -0.2) is 58.4 Å². The summed E-state index contributed by atoms with van der Waals surface area (Å²) in [4.78, 5) is 39.9. The molecule has 3 atom stereocenters. The first-order valence-electron chi connectivity index (χ1n) is 10.8. The number of phenolic OH excluding ortho intramolecular Hbond substituents is 1. The first kappa shape index (κ1) is 27.6. The largest absolute Gasteiger partial charge is 0.507 e. The van der Waals surface area contributed by atoms with Crippen molar-refractivity contribution in [3.05, 3.63) is 29.3 Å². The van der Waals surface area contributed by atoms with Gasteiger partial charge in [-0.3, -0.25) is 9.59 Å². The average Bonchev–Trinajstić information content (AvgIpc) is 2.67. The van der Waals surface area contributed by atoms with Crippen LogP contribution in [0.25, 0.3) is 0 Å². The zero-order valence-corrected chi connectivity index (χ0v) is 21.0. The van der Waals surface area contributed by atoms with Crippen LogP contribution in [0.15, 0.2) is 18.2 Å². The maximum absolute atomic E-state index is 13.2. The van der Waals surface area contributed by atoms with Crippen molar-refractivity contribution < 1.29 is 24.2 Å². The van der Waals surface area contributed by atoms with Crippen molar-refractivity contribution in [2.45, 2.75) is 78.1 Å². The van der Waals surface area contributed by atoms with E-state index in [1.54, 1.807) is 45.9 Å². The SMILES string of the molecule is CCCC(C)NC(=O)C(c1cccc(C)c1O)N(C)C(=O)C(CS)NC(=O)OC(C)(C)C. The Balaban J connectivity index is 3.24. The summed E-state index contributed by atoms with van der Waals surface area (Å²) in [7, 11) is 1.46. The second kappa shape index (κ2) is 12.0. The molecule has 1 aromatic rings. The third-order valence-electron chi connectivity index (χ3n) is 4.83. The molecule has 0 spiro atoms. The first-order valence-corrected chi connectivity index (χ1v) is 11.4. The highest BCUT2D eigenvalue weighted by Crippen LogP contribution is 2.31. The molecule has 3 unspecified atom stereocenters. The molecule has 0 saturated carbocycles. The van der Waals surface area contributed by atoms with Gasteiger partial charge >= 0.3 is 6.09 Å². The van der Waals surface area contributed by atoms with Crippen molar-refractivity contribution >= 4 is 30.5 Å². The molecule has 9 heteroatoms. The Kier molecular flexibility index (Phi) is 10.3. The molecule has 0 saturated heterocycles. The minimum atomic E-state index is -1.09. The first-order chi connectivity index (χ1) is 14.8. The second-order valence-corrected chi connectivity index (χ2v) is 9.31. The molecule has 0 fully saturated rings. The standard InChI is InChI=1S/C23H37N3O5S/c1-8-10-15(3)24-20(28)18(16-12-9-11-14(2)19(16)27)26(7)21(29)17(13-32)25-22(30)31-23(4,5)6/h9,11-12,15,17-18,27,32H,8,10,13H2,1-7H3,(H,24,28)(H,25,30). The van der Waals surface area contributed by atoms with E-state index in [9.17, 15) is 19.5 Å². The smallest absolute Gasteiger partial charge is 0.408 e. The molecule has 0 bridgehead atoms. The van der Waals surface area contributed by atoms with Gasteiger partial charge in [-0.05, 0) is 46.6 Å². The molecule has 1 rings (SSSR count). The van der Waals surface area contributed by atoms with Gasteiger partial charge in [-0.2, -0.15) is 12.6 Å². The molecule has 180 valence electrons. The summed E-state index contributed by atoms with van der Waals surface area (Å²) >= 11 is 4.20. The molecule has 8 nitrogen and oxygen atoms in total. The maximum Gasteiger partial charge on any atom is 0.408 e. The number of likely N-dealkylation sites (N-methyl/N-ethyl adjacent to an activating group) is 1. The van der Waals surface area contributed by atoms with E-state index in [1.807, 2.05) is 13.8 Å². The normalized spacial score (nSPS) is 14.1. The minimum absolute atomic E-state index is 0.00277. The van der Waals surface area contributed by atoms with Gasteiger partial charge < -0.3 is 25.4 Å². The van der Waals surface area contributed by atoms with Crippen molar-refractivity contribution in [3.63, 3.8) is 0 Å². The molecule has 1 aromatic carbocycles. The number of phenols is 1. The number of amides is 3. The van der Waals surface area contributed by atoms with Gasteiger partial charge in [-0.1, -0.05) is 31.5 Å². The number of ether oxygens (including phenoxy) is 1. The van der Waals surface area contributed by atoms with Gasteiger partial charge in [0.15, 0.2) is 0 Å². The van der Waals surface area contributed by atoms with Gasteiger partial charge in [-0.15, -0.1) is 0 Å². The molecule has 0 radical (unpaired) electrons. The second-order valence-electron chi connectivity index (χ2n) is 8.94. The predicted molar refractivity (Wildman–Crippen MR) is 128 cm³/mol. The highest BCUT2D eigenvalue weighted by molar-refractivity contribution is 7.80. The Morgan fingerprint density at radius 1 is 1.22 bits per heavy atom. The molecule has 0 aliphatic heterocycles. The molecular weight excluding hydrogens is 430 g/mol. The fourth-order valence-corrected chi connectivity index (χ4v) is 3.51. The van der Waals surface area contributed by atoms with Gasteiger partial charge in [0.2, 0.25) is 11.8 Å². The molecule has 0 aliphatic carbocycles. The molecule has 32 heavy (non-hydrogen) atoms. The zero-order chi connectivity index (χ0) is 24.6. The Bertz CT molecular complexity index is 809. The van der Waals surface area contributed by atoms with Gasteiger partial charge in [0.1, 0.15) is 23.4 Å². The number of carbonyl (C=O) groups is 3. The number of aryl methyl sites for hydroxylation is 1. The highest BCUT2D eigenvalue weighted by atomic mass is 32.1. The Hall–Kier alpha value is -2.42. The monoisotopic (exact) mass is 467 g/mol. The number of hydrogen-bond donors (Lipinski definition) is 4. The van der Waals surface area contributed by atoms with Crippen molar-refractivity contribution in [2.24, 2.45) is 0 Å². The van der Waals surface area contributed by atoms with E-state index in [1.165, 1.54) is 11.9 Å². The molecule has 3 N–H and O–H groups in total. The van der Waals surface area contributed by atoms with Crippen LogP contribution >= 0.6 is 12.6 Å². The summed E-state index contributed by atoms with van der Waals surface area (Å²) in [5.74, 6) is -1.01. The summed E-state index contributed by atoms with van der Waals surface area (Å²) in [6.45, 7) is 10.8. The van der Waals surface area contributed by atoms with Crippen LogP contribution in [0.4, 0.5) is 4.79 Å². The van der Waals surface area contributed by atoms with E-state index in [2.05, 4.69) is 23.3 Å². The lowest BCUT2D eigenvalue weighted by atomic mass is 9.99. The van der Waals surface area contributed by atoms with Crippen molar-refractivity contribution in [1.82, 2.24) is 15.5 Å². The van der Waals surface area contributed by atoms with Gasteiger partial charge in [0, 0.05) is 24.4 Å². The van der Waals surface area contributed by atoms with Crippen LogP contribution in [0.5, 0.6) is 5.75 Å². The quantitative estimate of drug-likeness (QED) is 0.417. The van der Waals surface area contributed by atoms with Crippen molar-refractivity contribution in [2.75, 3.05) is 12.8 Å². The van der Waals surface area contributed by atoms with Gasteiger partial charge in [-0.25, -0.2) is 4.79 Å². The predicted octanol–water partition coefficient (Wildman–Crippen LogP) is 3.33. The third-order valence-corrected chi connectivity index (χ3v) is 5.19. The number of hydrogen-bond acceptors (Lipinski definition) is 6. The number of alkyl carbamates (subject to hydrolysis) is 1. The van der Waals surface area contributed by atoms with Crippen LogP contribution in [0.2, 0.25) is 0 Å². The Labute approximate surface area is 196 Å². The average molecular weight is 468 g/mol. The Morgan fingerprint density at radius 2 is 1.84 bits per heavy atom. The van der Waals surface area contributed by atoms with E-state index in [4.69, 9.17) is 4.74 Å². The number of rotatable bonds is 9. The van der Waals surface area contributed by atoms with E-state index in [-0.39, 0.29) is 17.5 Å². The van der Waals surface area contributed by atoms with Crippen molar-refractivity contribution in [3.8, 4) is 5.75 Å². The molecule has 3 amide bonds. The fourth-order valence-electron chi connectivity index (χ4n) is 3.26. The molecule has 0 aliphatic rings. The number of para-hydroxylation sites is 1. The topological polar surface area (TPSA) is 108 Å². The highest BCUT2D eigenvalue weighted by Gasteiger charge is 2.35. The molecular formula is C23H37N3O5S. The number of thiol groups is 1. The lowest BCUT2D eigenvalue weighted by molar-refractivity contribution is -0.140. The lowest BCUT2D eigenvalue weighted by Crippen LogP contribution is -2.53. The Morgan fingerprint density at radius 3 is 2.38 bits per heavy atom. The van der Waals surface area contributed by atoms with Crippen LogP contribution in [0.3, 0.4) is 0 Å². The van der Waals surface area contributed by atoms with Gasteiger partial charge in [0.05, 0.1) is 0 Å². The van der Waals surface area contributed by atoms with E-state index >= 15 is 0 Å². The summed E-state index contributed by atoms with van der Waals surface area (Å²) in [5.41, 5.74) is 0.156. The molecule has 0 aromatic heterocycles. The minimum Gasteiger partial charge on any atom is -0.507 e. The summed E-state index contributed by atoms with van der Waals surface area (Å²) in [5, 5.41) is 16.1. The zero-order valence-electron chi connectivity index (χ0n) is 20.1. The number of nitrogens with zero attached hydrogens (tertiary/aromatic N) is 1. The molecule has 0 heterocycles. The van der Waals surface area contributed by atoms with Gasteiger partial charge in [0.25, 0.3) is 0 Å². The van der Waals surface area contributed by atoms with E-state index in [0.29, 0.717) is 11.1 Å². The number of aromatic hydroxyl groups is 1. The number of benzene rings is 1. The van der Waals surface area contributed by atoms with Crippen LogP contribution in [0.1, 0.15) is 64.6 Å². The number of nitrogens with one attached hydrogen (secondary N) is 2. The summed E-state index contributed by atoms with van der Waals surface area (Å²) in [6.07, 6.45) is 0.905. The van der Waals surface area contributed by atoms with Crippen LogP contribution in [-0.2, 0) is 14.3 Å². The fraction of sp³-hybridized carbons (Fsp3) is 0.609. The third kappa shape index (κ3) is 7.93. The summed E-state index contributed by atoms with van der Waals surface area (Å²) < 4.78 is 5.23. The van der Waals surface area contributed by atoms with Crippen LogP contribution < -0.4 is 10.6 Å². The lowest BCUT2D eigenvalue weighted by Gasteiger charge is -2.32. The van der Waals surface area contributed by atoms with Crippen molar-refractivity contribution in [1.29, 1.82) is 0 Å². The van der Waals surface area contributed by atoms with Crippen LogP contribution in [0, 0.1) is 6.92 Å². The number of carbonyl (C=O) groups excluding carboxylic acids is 3.